The second-order valence-corrected chi connectivity index (χ2v) is 10.1. The third-order valence-corrected chi connectivity index (χ3v) is 5.67. The van der Waals surface area contributed by atoms with Crippen LogP contribution < -0.4 is 10.6 Å². The second kappa shape index (κ2) is 11.9. The van der Waals surface area contributed by atoms with Crippen LogP contribution in [0, 0.1) is 41.4 Å². The van der Waals surface area contributed by atoms with E-state index in [0.29, 0.717) is 5.56 Å². The molecule has 0 aliphatic heterocycles. The zero-order chi connectivity index (χ0) is 27.1. The number of nitrogens with one attached hydrogen (secondary N) is 2. The number of carbonyl (C=O) groups is 3. The summed E-state index contributed by atoms with van der Waals surface area (Å²) in [5.74, 6) is 9.99. The number of ether oxygens (including phenoxy) is 2. The minimum Gasteiger partial charge on any atom is -0.467 e. The molecular weight excluding hydrogens is 464 g/mol. The van der Waals surface area contributed by atoms with Crippen LogP contribution in [0.1, 0.15) is 50.5 Å². The van der Waals surface area contributed by atoms with E-state index in [2.05, 4.69) is 34.3 Å². The summed E-state index contributed by atoms with van der Waals surface area (Å²) in [4.78, 5) is 37.5. The van der Waals surface area contributed by atoms with Gasteiger partial charge in [-0.2, -0.15) is 0 Å². The summed E-state index contributed by atoms with van der Waals surface area (Å²) in [5, 5.41) is 23.6. The smallest absolute Gasteiger partial charge is 0.408 e. The highest BCUT2D eigenvalue weighted by atomic mass is 16.6. The van der Waals surface area contributed by atoms with E-state index in [1.54, 1.807) is 58.9 Å². The van der Waals surface area contributed by atoms with Crippen molar-refractivity contribution in [2.24, 2.45) is 17.8 Å². The predicted octanol–water partition coefficient (Wildman–Crippen LogP) is 1.46. The van der Waals surface area contributed by atoms with E-state index >= 15 is 0 Å². The van der Waals surface area contributed by atoms with E-state index in [1.165, 1.54) is 7.11 Å². The van der Waals surface area contributed by atoms with Gasteiger partial charge in [-0.05, 0) is 70.7 Å². The molecule has 0 spiro atoms. The Morgan fingerprint density at radius 1 is 1.00 bits per heavy atom. The van der Waals surface area contributed by atoms with Crippen molar-refractivity contribution in [3.8, 4) is 23.7 Å². The van der Waals surface area contributed by atoms with Crippen molar-refractivity contribution in [3.63, 3.8) is 0 Å². The van der Waals surface area contributed by atoms with Crippen molar-refractivity contribution < 1.29 is 34.1 Å². The van der Waals surface area contributed by atoms with Gasteiger partial charge in [0.15, 0.2) is 0 Å². The van der Waals surface area contributed by atoms with Crippen molar-refractivity contribution in [1.82, 2.24) is 10.6 Å². The van der Waals surface area contributed by atoms with E-state index < -0.39 is 35.2 Å². The summed E-state index contributed by atoms with van der Waals surface area (Å²) < 4.78 is 10.1. The molecule has 1 aromatic carbocycles. The Morgan fingerprint density at radius 2 is 1.58 bits per heavy atom. The number of esters is 1. The highest BCUT2D eigenvalue weighted by Crippen LogP contribution is 2.44. The molecule has 4 atom stereocenters. The van der Waals surface area contributed by atoms with E-state index in [9.17, 15) is 24.6 Å². The van der Waals surface area contributed by atoms with Crippen LogP contribution in [0.2, 0.25) is 0 Å². The average Bonchev–Trinajstić information content (AvgIpc) is 3.49. The fourth-order valence-corrected chi connectivity index (χ4v) is 3.59. The summed E-state index contributed by atoms with van der Waals surface area (Å²) in [6.45, 7) is 8.28. The lowest BCUT2D eigenvalue weighted by Crippen LogP contribution is -2.62. The van der Waals surface area contributed by atoms with Gasteiger partial charge in [0.2, 0.25) is 0 Å². The fourth-order valence-electron chi connectivity index (χ4n) is 3.59. The number of rotatable bonds is 7. The number of amides is 2. The van der Waals surface area contributed by atoms with Crippen LogP contribution in [0.4, 0.5) is 4.79 Å². The molecule has 0 saturated heterocycles. The van der Waals surface area contributed by atoms with E-state index in [4.69, 9.17) is 9.47 Å². The maximum absolute atomic E-state index is 12.8. The standard InChI is InChI=1S/C27H34N2O7/c1-26(2,3)36-25(34)29-27(4,5)22(24(33)35-6)28-23(32)18-13-11-17(12-14-18)9-7-8-10-19-20(15-30)21(19)16-31/h11-14,19-22,30-31H,15-16H2,1-6H3,(H,28,32)(H,29,34)/t19?,20-,21+,22-/m1/s1. The van der Waals surface area contributed by atoms with Gasteiger partial charge in [-0.1, -0.05) is 11.8 Å². The Morgan fingerprint density at radius 3 is 2.08 bits per heavy atom. The Kier molecular flexibility index (Phi) is 9.52. The van der Waals surface area contributed by atoms with Crippen LogP contribution in [-0.2, 0) is 14.3 Å². The first kappa shape index (κ1) is 28.7. The molecule has 0 heterocycles. The summed E-state index contributed by atoms with van der Waals surface area (Å²) in [5.41, 5.74) is -1.04. The van der Waals surface area contributed by atoms with Gasteiger partial charge < -0.3 is 30.3 Å². The molecule has 0 radical (unpaired) electrons. The lowest BCUT2D eigenvalue weighted by atomic mass is 9.94. The monoisotopic (exact) mass is 498 g/mol. The molecule has 1 aliphatic carbocycles. The normalized spacial score (nSPS) is 19.4. The maximum atomic E-state index is 12.8. The highest BCUT2D eigenvalue weighted by Gasteiger charge is 2.48. The SMILES string of the molecule is COC(=O)[C@@H](NC(=O)c1ccc(C#CC#CC2[C@@H](CO)[C@H]2CO)cc1)C(C)(C)NC(=O)OC(C)(C)C. The lowest BCUT2D eigenvalue weighted by Gasteiger charge is -2.34. The molecule has 194 valence electrons. The number of benzene rings is 1. The molecule has 1 unspecified atom stereocenters. The topological polar surface area (TPSA) is 134 Å². The van der Waals surface area contributed by atoms with Crippen molar-refractivity contribution in [3.05, 3.63) is 35.4 Å². The zero-order valence-electron chi connectivity index (χ0n) is 21.5. The van der Waals surface area contributed by atoms with Crippen molar-refractivity contribution in [2.45, 2.75) is 51.8 Å². The summed E-state index contributed by atoms with van der Waals surface area (Å²) in [6.07, 6.45) is -0.734. The Labute approximate surface area is 211 Å². The second-order valence-electron chi connectivity index (χ2n) is 10.1. The van der Waals surface area contributed by atoms with Crippen LogP contribution in [0.5, 0.6) is 0 Å². The number of aliphatic hydroxyl groups is 2. The van der Waals surface area contributed by atoms with Gasteiger partial charge in [-0.15, -0.1) is 0 Å². The van der Waals surface area contributed by atoms with E-state index in [0.717, 1.165) is 0 Å². The number of alkyl carbamates (subject to hydrolysis) is 1. The summed E-state index contributed by atoms with van der Waals surface area (Å²) in [7, 11) is 1.19. The zero-order valence-corrected chi connectivity index (χ0v) is 21.5. The molecule has 36 heavy (non-hydrogen) atoms. The molecule has 2 rings (SSSR count). The number of methoxy groups -OCH3 is 1. The maximum Gasteiger partial charge on any atom is 0.408 e. The molecule has 0 bridgehead atoms. The van der Waals surface area contributed by atoms with Crippen molar-refractivity contribution >= 4 is 18.0 Å². The quantitative estimate of drug-likeness (QED) is 0.330. The van der Waals surface area contributed by atoms with Gasteiger partial charge in [0, 0.05) is 42.1 Å². The summed E-state index contributed by atoms with van der Waals surface area (Å²) >= 11 is 0. The molecule has 1 aromatic rings. The average molecular weight is 499 g/mol. The van der Waals surface area contributed by atoms with Crippen LogP contribution in [0.3, 0.4) is 0 Å². The van der Waals surface area contributed by atoms with Crippen LogP contribution in [0.15, 0.2) is 24.3 Å². The van der Waals surface area contributed by atoms with Gasteiger partial charge in [-0.3, -0.25) is 4.79 Å². The molecular formula is C27H34N2O7. The molecule has 9 nitrogen and oxygen atoms in total. The largest absolute Gasteiger partial charge is 0.467 e. The van der Waals surface area contributed by atoms with Gasteiger partial charge in [-0.25, -0.2) is 9.59 Å². The molecule has 1 aliphatic rings. The van der Waals surface area contributed by atoms with Crippen molar-refractivity contribution in [1.29, 1.82) is 0 Å². The van der Waals surface area contributed by atoms with Crippen LogP contribution in [0.25, 0.3) is 0 Å². The first-order valence-electron chi connectivity index (χ1n) is 11.6. The van der Waals surface area contributed by atoms with E-state index in [-0.39, 0.29) is 36.5 Å². The van der Waals surface area contributed by atoms with Gasteiger partial charge in [0.25, 0.3) is 5.91 Å². The molecule has 2 amide bonds. The van der Waals surface area contributed by atoms with Gasteiger partial charge in [0.05, 0.1) is 12.6 Å². The van der Waals surface area contributed by atoms with Crippen molar-refractivity contribution in [2.75, 3.05) is 20.3 Å². The van der Waals surface area contributed by atoms with Crippen LogP contribution in [-0.4, -0.2) is 65.7 Å². The number of hydrogen-bond donors (Lipinski definition) is 4. The molecule has 0 aromatic heterocycles. The number of aliphatic hydroxyl groups excluding tert-OH is 2. The molecule has 1 saturated carbocycles. The first-order valence-corrected chi connectivity index (χ1v) is 11.6. The third-order valence-electron chi connectivity index (χ3n) is 5.67. The van der Waals surface area contributed by atoms with Gasteiger partial charge >= 0.3 is 12.1 Å². The summed E-state index contributed by atoms with van der Waals surface area (Å²) in [6, 6.07) is 5.21. The first-order chi connectivity index (χ1) is 16.8. The van der Waals surface area contributed by atoms with Crippen LogP contribution >= 0.6 is 0 Å². The Hall–Kier alpha value is -3.53. The minimum atomic E-state index is -1.22. The Balaban J connectivity index is 2.06. The van der Waals surface area contributed by atoms with E-state index in [1.807, 2.05) is 0 Å². The minimum absolute atomic E-state index is 0.000208. The number of carbonyl (C=O) groups excluding carboxylic acids is 3. The molecule has 4 N–H and O–H groups in total. The molecule has 9 heteroatoms. The lowest BCUT2D eigenvalue weighted by molar-refractivity contribution is -0.144. The number of hydrogen-bond acceptors (Lipinski definition) is 7. The third kappa shape index (κ3) is 8.01. The van der Waals surface area contributed by atoms with Gasteiger partial charge in [0.1, 0.15) is 11.6 Å². The molecule has 1 fully saturated rings. The Bertz CT molecular complexity index is 1070. The highest BCUT2D eigenvalue weighted by molar-refractivity contribution is 5.97. The fraction of sp³-hybridized carbons (Fsp3) is 0.519. The predicted molar refractivity (Wildman–Crippen MR) is 132 cm³/mol.